The Hall–Kier alpha value is -3.76. The molecule has 0 radical (unpaired) electrons. The first kappa shape index (κ1) is 20.6. The summed E-state index contributed by atoms with van der Waals surface area (Å²) in [5, 5.41) is 13.6. The zero-order valence-electron chi connectivity index (χ0n) is 15.0. The molecule has 1 aromatic carbocycles. The van der Waals surface area contributed by atoms with Crippen LogP contribution in [0, 0.1) is 10.1 Å². The van der Waals surface area contributed by atoms with Gasteiger partial charge in [0.1, 0.15) is 17.3 Å². The Morgan fingerprint density at radius 1 is 1.29 bits per heavy atom. The number of esters is 2. The van der Waals surface area contributed by atoms with Crippen LogP contribution in [0.25, 0.3) is 10.9 Å². The summed E-state index contributed by atoms with van der Waals surface area (Å²) >= 11 is 0. The molecule has 1 N–H and O–H groups in total. The van der Waals surface area contributed by atoms with Crippen LogP contribution in [0.1, 0.15) is 13.3 Å². The minimum atomic E-state index is -1.24. The summed E-state index contributed by atoms with van der Waals surface area (Å²) in [4.78, 5) is 49.3. The number of amides is 1. The van der Waals surface area contributed by atoms with E-state index in [1.54, 1.807) is 6.07 Å². The molecule has 0 aliphatic carbocycles. The molecule has 0 spiro atoms. The van der Waals surface area contributed by atoms with Gasteiger partial charge in [0.25, 0.3) is 5.69 Å². The number of ether oxygens (including phenoxy) is 3. The van der Waals surface area contributed by atoms with Gasteiger partial charge in [0.2, 0.25) is 12.7 Å². The number of pyridine rings is 1. The zero-order chi connectivity index (χ0) is 20.7. The molecule has 28 heavy (non-hydrogen) atoms. The van der Waals surface area contributed by atoms with E-state index in [9.17, 15) is 24.5 Å². The molecular weight excluding hydrogens is 374 g/mol. The van der Waals surface area contributed by atoms with Gasteiger partial charge >= 0.3 is 11.9 Å². The summed E-state index contributed by atoms with van der Waals surface area (Å²) in [7, 11) is 1.15. The van der Waals surface area contributed by atoms with Crippen molar-refractivity contribution in [3.63, 3.8) is 0 Å². The Kier molecular flexibility index (Phi) is 6.79. The van der Waals surface area contributed by atoms with Gasteiger partial charge in [-0.2, -0.15) is 0 Å². The third-order valence-electron chi connectivity index (χ3n) is 3.58. The summed E-state index contributed by atoms with van der Waals surface area (Å²) in [6.07, 6.45) is 1.03. The highest BCUT2D eigenvalue weighted by molar-refractivity contribution is 5.92. The SMILES string of the molecule is COC(=O)C[C@H](NC(C)=O)C(=O)OCOc1ccc([N+](=O)[O-])c2cccnc12. The quantitative estimate of drug-likeness (QED) is 0.302. The number of non-ortho nitro benzene ring substituents is 1. The van der Waals surface area contributed by atoms with E-state index in [1.165, 1.54) is 31.3 Å². The second-order valence-electron chi connectivity index (χ2n) is 5.50. The number of nitrogens with zero attached hydrogens (tertiary/aromatic N) is 2. The fourth-order valence-corrected chi connectivity index (χ4v) is 2.35. The Bertz CT molecular complexity index is 914. The lowest BCUT2D eigenvalue weighted by molar-refractivity contribution is -0.383. The summed E-state index contributed by atoms with van der Waals surface area (Å²) in [6.45, 7) is 0.627. The standard InChI is InChI=1S/C17H17N3O8/c1-10(21)19-12(8-15(22)26-2)17(23)28-9-27-14-6-5-13(20(24)25)11-4-3-7-18-16(11)14/h3-7,12H,8-9H2,1-2H3,(H,19,21)/t12-/m0/s1. The third-order valence-corrected chi connectivity index (χ3v) is 3.58. The van der Waals surface area contributed by atoms with Crippen LogP contribution in [0.4, 0.5) is 5.69 Å². The Morgan fingerprint density at radius 3 is 2.68 bits per heavy atom. The maximum Gasteiger partial charge on any atom is 0.332 e. The maximum atomic E-state index is 12.1. The van der Waals surface area contributed by atoms with Crippen LogP contribution < -0.4 is 10.1 Å². The van der Waals surface area contributed by atoms with Crippen LogP contribution in [0.15, 0.2) is 30.5 Å². The lowest BCUT2D eigenvalue weighted by Crippen LogP contribution is -2.42. The van der Waals surface area contributed by atoms with E-state index in [2.05, 4.69) is 15.0 Å². The van der Waals surface area contributed by atoms with E-state index in [-0.39, 0.29) is 22.3 Å². The van der Waals surface area contributed by atoms with E-state index in [4.69, 9.17) is 9.47 Å². The highest BCUT2D eigenvalue weighted by Gasteiger charge is 2.25. The van der Waals surface area contributed by atoms with Crippen molar-refractivity contribution in [1.29, 1.82) is 0 Å². The fourth-order valence-electron chi connectivity index (χ4n) is 2.35. The minimum absolute atomic E-state index is 0.142. The van der Waals surface area contributed by atoms with E-state index in [0.717, 1.165) is 7.11 Å². The number of aromatic nitrogens is 1. The highest BCUT2D eigenvalue weighted by Crippen LogP contribution is 2.31. The van der Waals surface area contributed by atoms with Gasteiger partial charge in [0.15, 0.2) is 0 Å². The zero-order valence-corrected chi connectivity index (χ0v) is 15.0. The smallest absolute Gasteiger partial charge is 0.332 e. The maximum absolute atomic E-state index is 12.1. The molecule has 148 valence electrons. The van der Waals surface area contributed by atoms with Crippen LogP contribution in [0.3, 0.4) is 0 Å². The largest absolute Gasteiger partial charge is 0.469 e. The van der Waals surface area contributed by atoms with Gasteiger partial charge in [0.05, 0.1) is 23.8 Å². The lowest BCUT2D eigenvalue weighted by atomic mass is 10.1. The molecule has 11 heteroatoms. The van der Waals surface area contributed by atoms with Crippen LogP contribution in [0.5, 0.6) is 5.75 Å². The number of hydrogen-bond acceptors (Lipinski definition) is 9. The molecule has 0 aliphatic heterocycles. The third kappa shape index (κ3) is 5.13. The minimum Gasteiger partial charge on any atom is -0.469 e. The number of benzene rings is 1. The second-order valence-corrected chi connectivity index (χ2v) is 5.50. The van der Waals surface area contributed by atoms with Crippen molar-refractivity contribution < 1.29 is 33.5 Å². The summed E-state index contributed by atoms with van der Waals surface area (Å²) in [6, 6.07) is 4.41. The number of nitro groups is 1. The molecule has 0 fully saturated rings. The molecule has 1 heterocycles. The molecule has 11 nitrogen and oxygen atoms in total. The number of nitro benzene ring substituents is 1. The lowest BCUT2D eigenvalue weighted by Gasteiger charge is -2.16. The monoisotopic (exact) mass is 391 g/mol. The summed E-state index contributed by atoms with van der Waals surface area (Å²) in [5.41, 5.74) is 0.0805. The number of fused-ring (bicyclic) bond motifs is 1. The van der Waals surface area contributed by atoms with Gasteiger partial charge in [-0.15, -0.1) is 0 Å². The van der Waals surface area contributed by atoms with Crippen LogP contribution in [-0.4, -0.2) is 47.7 Å². The van der Waals surface area contributed by atoms with Gasteiger partial charge < -0.3 is 19.5 Å². The molecule has 0 bridgehead atoms. The van der Waals surface area contributed by atoms with Crippen LogP contribution in [0.2, 0.25) is 0 Å². The van der Waals surface area contributed by atoms with Crippen molar-refractivity contribution in [2.75, 3.05) is 13.9 Å². The number of hydrogen-bond donors (Lipinski definition) is 1. The van der Waals surface area contributed by atoms with Crippen molar-refractivity contribution >= 4 is 34.4 Å². The Morgan fingerprint density at radius 2 is 2.04 bits per heavy atom. The molecule has 0 saturated carbocycles. The van der Waals surface area contributed by atoms with Gasteiger partial charge in [-0.3, -0.25) is 24.7 Å². The van der Waals surface area contributed by atoms with Gasteiger partial charge in [-0.05, 0) is 18.2 Å². The Balaban J connectivity index is 2.08. The van der Waals surface area contributed by atoms with Gasteiger partial charge in [0, 0.05) is 19.2 Å². The number of rotatable bonds is 8. The van der Waals surface area contributed by atoms with Crippen LogP contribution >= 0.6 is 0 Å². The first-order valence-electron chi connectivity index (χ1n) is 7.99. The number of carbonyl (C=O) groups is 3. The molecule has 2 aromatic rings. The number of methoxy groups -OCH3 is 1. The van der Waals surface area contributed by atoms with Crippen molar-refractivity contribution in [2.45, 2.75) is 19.4 Å². The Labute approximate surface area is 158 Å². The van der Waals surface area contributed by atoms with Gasteiger partial charge in [-0.1, -0.05) is 0 Å². The predicted molar refractivity (Wildman–Crippen MR) is 94.2 cm³/mol. The molecule has 0 saturated heterocycles. The van der Waals surface area contributed by atoms with E-state index >= 15 is 0 Å². The molecular formula is C17H17N3O8. The van der Waals surface area contributed by atoms with E-state index in [0.29, 0.717) is 0 Å². The van der Waals surface area contributed by atoms with Crippen molar-refractivity contribution in [3.05, 3.63) is 40.6 Å². The van der Waals surface area contributed by atoms with Gasteiger partial charge in [-0.25, -0.2) is 4.79 Å². The van der Waals surface area contributed by atoms with Crippen molar-refractivity contribution in [2.24, 2.45) is 0 Å². The average molecular weight is 391 g/mol. The van der Waals surface area contributed by atoms with Crippen molar-refractivity contribution in [3.8, 4) is 5.75 Å². The number of nitrogens with one attached hydrogen (secondary N) is 1. The first-order chi connectivity index (χ1) is 13.3. The highest BCUT2D eigenvalue weighted by atomic mass is 16.7. The van der Waals surface area contributed by atoms with Crippen molar-refractivity contribution in [1.82, 2.24) is 10.3 Å². The fraction of sp³-hybridized carbons (Fsp3) is 0.294. The average Bonchev–Trinajstić information content (AvgIpc) is 2.66. The van der Waals surface area contributed by atoms with Crippen LogP contribution in [-0.2, 0) is 23.9 Å². The molecule has 1 atom stereocenters. The van der Waals surface area contributed by atoms with E-state index < -0.39 is 42.0 Å². The summed E-state index contributed by atoms with van der Waals surface area (Å²) in [5.74, 6) is -1.97. The first-order valence-corrected chi connectivity index (χ1v) is 7.99. The topological polar surface area (TPSA) is 147 Å². The predicted octanol–water partition coefficient (Wildman–Crippen LogP) is 1.09. The molecule has 1 amide bonds. The summed E-state index contributed by atoms with van der Waals surface area (Å²) < 4.78 is 14.8. The number of carbonyl (C=O) groups excluding carboxylic acids is 3. The molecule has 0 aliphatic rings. The van der Waals surface area contributed by atoms with E-state index in [1.807, 2.05) is 0 Å². The second kappa shape index (κ2) is 9.26. The molecule has 1 aromatic heterocycles. The molecule has 0 unspecified atom stereocenters. The molecule has 2 rings (SSSR count). The normalized spacial score (nSPS) is 11.4.